The predicted molar refractivity (Wildman–Crippen MR) is 91.8 cm³/mol. The molecule has 4 nitrogen and oxygen atoms in total. The second-order valence-electron chi connectivity index (χ2n) is 5.42. The second kappa shape index (κ2) is 8.56. The molecule has 0 spiro atoms. The van der Waals surface area contributed by atoms with E-state index in [4.69, 9.17) is 9.47 Å². The highest BCUT2D eigenvalue weighted by molar-refractivity contribution is 5.43. The largest absolute Gasteiger partial charge is 0.493 e. The summed E-state index contributed by atoms with van der Waals surface area (Å²) in [4.78, 5) is 0. The molecular formula is C19H25NO3. The Morgan fingerprint density at radius 2 is 1.91 bits per heavy atom. The number of ether oxygens (including phenoxy) is 2. The van der Waals surface area contributed by atoms with Gasteiger partial charge in [0.25, 0.3) is 0 Å². The molecule has 0 heterocycles. The van der Waals surface area contributed by atoms with Crippen molar-refractivity contribution in [1.82, 2.24) is 5.32 Å². The van der Waals surface area contributed by atoms with Gasteiger partial charge in [0.15, 0.2) is 11.5 Å². The first-order chi connectivity index (χ1) is 11.2. The summed E-state index contributed by atoms with van der Waals surface area (Å²) in [6, 6.07) is 14.2. The fraction of sp³-hybridized carbons (Fsp3) is 0.368. The van der Waals surface area contributed by atoms with E-state index in [0.717, 1.165) is 34.7 Å². The first kappa shape index (κ1) is 17.3. The Morgan fingerprint density at radius 3 is 2.61 bits per heavy atom. The third-order valence-corrected chi connectivity index (χ3v) is 3.77. The van der Waals surface area contributed by atoms with Crippen molar-refractivity contribution in [1.29, 1.82) is 0 Å². The van der Waals surface area contributed by atoms with Gasteiger partial charge in [-0.15, -0.1) is 0 Å². The zero-order valence-electron chi connectivity index (χ0n) is 14.0. The summed E-state index contributed by atoms with van der Waals surface area (Å²) in [7, 11) is 1.65. The number of hydrogen-bond acceptors (Lipinski definition) is 4. The average Bonchev–Trinajstić information content (AvgIpc) is 2.60. The zero-order valence-corrected chi connectivity index (χ0v) is 14.0. The molecule has 0 aromatic heterocycles. The van der Waals surface area contributed by atoms with Gasteiger partial charge < -0.3 is 19.9 Å². The van der Waals surface area contributed by atoms with E-state index in [-0.39, 0.29) is 12.6 Å². The molecule has 1 atom stereocenters. The molecule has 2 aromatic carbocycles. The Bertz CT molecular complexity index is 628. The van der Waals surface area contributed by atoms with Gasteiger partial charge in [0.2, 0.25) is 0 Å². The standard InChI is InChI=1S/C19H25NO3/c1-4-23-18-9-8-15(11-19(18)22-3)12-20-14(2)17-7-5-6-16(10-17)13-21/h5-11,14,20-21H,4,12-13H2,1-3H3. The van der Waals surface area contributed by atoms with E-state index < -0.39 is 0 Å². The fourth-order valence-corrected chi connectivity index (χ4v) is 2.45. The van der Waals surface area contributed by atoms with Crippen LogP contribution in [0.4, 0.5) is 0 Å². The maximum Gasteiger partial charge on any atom is 0.161 e. The minimum Gasteiger partial charge on any atom is -0.493 e. The molecule has 0 fully saturated rings. The van der Waals surface area contributed by atoms with E-state index in [1.807, 2.05) is 43.3 Å². The van der Waals surface area contributed by atoms with E-state index in [0.29, 0.717) is 6.61 Å². The third kappa shape index (κ3) is 4.71. The molecule has 0 aliphatic heterocycles. The molecule has 124 valence electrons. The molecule has 0 aliphatic carbocycles. The van der Waals surface area contributed by atoms with Crippen LogP contribution in [0.15, 0.2) is 42.5 Å². The first-order valence-electron chi connectivity index (χ1n) is 7.90. The number of benzene rings is 2. The molecule has 2 aromatic rings. The van der Waals surface area contributed by atoms with Crippen molar-refractivity contribution in [2.45, 2.75) is 33.0 Å². The van der Waals surface area contributed by atoms with E-state index in [9.17, 15) is 5.11 Å². The van der Waals surface area contributed by atoms with E-state index in [2.05, 4.69) is 18.3 Å². The summed E-state index contributed by atoms with van der Waals surface area (Å²) < 4.78 is 10.9. The van der Waals surface area contributed by atoms with Crippen LogP contribution in [0.1, 0.15) is 36.6 Å². The number of hydrogen-bond donors (Lipinski definition) is 2. The van der Waals surface area contributed by atoms with Gasteiger partial charge in [0, 0.05) is 12.6 Å². The molecule has 23 heavy (non-hydrogen) atoms. The maximum absolute atomic E-state index is 9.23. The lowest BCUT2D eigenvalue weighted by molar-refractivity contribution is 0.281. The van der Waals surface area contributed by atoms with Crippen molar-refractivity contribution in [3.63, 3.8) is 0 Å². The number of rotatable bonds is 8. The summed E-state index contributed by atoms with van der Waals surface area (Å²) in [6.07, 6.45) is 0. The molecule has 2 N–H and O–H groups in total. The Balaban J connectivity index is 2.02. The Hall–Kier alpha value is -2.04. The lowest BCUT2D eigenvalue weighted by atomic mass is 10.0. The molecule has 0 saturated heterocycles. The molecular weight excluding hydrogens is 290 g/mol. The van der Waals surface area contributed by atoms with Crippen molar-refractivity contribution in [3.05, 3.63) is 59.2 Å². The van der Waals surface area contributed by atoms with Gasteiger partial charge in [0.1, 0.15) is 0 Å². The number of nitrogens with one attached hydrogen (secondary N) is 1. The van der Waals surface area contributed by atoms with Gasteiger partial charge in [-0.05, 0) is 42.7 Å². The van der Waals surface area contributed by atoms with Gasteiger partial charge in [-0.3, -0.25) is 0 Å². The van der Waals surface area contributed by atoms with E-state index >= 15 is 0 Å². The average molecular weight is 315 g/mol. The Labute approximate surface area is 138 Å². The van der Waals surface area contributed by atoms with Crippen LogP contribution < -0.4 is 14.8 Å². The number of aliphatic hydroxyl groups is 1. The van der Waals surface area contributed by atoms with Crippen LogP contribution in [0.25, 0.3) is 0 Å². The van der Waals surface area contributed by atoms with Crippen molar-refractivity contribution in [3.8, 4) is 11.5 Å². The van der Waals surface area contributed by atoms with Crippen molar-refractivity contribution < 1.29 is 14.6 Å². The highest BCUT2D eigenvalue weighted by Crippen LogP contribution is 2.28. The van der Waals surface area contributed by atoms with Crippen LogP contribution in [0.5, 0.6) is 11.5 Å². The normalized spacial score (nSPS) is 12.0. The summed E-state index contributed by atoms with van der Waals surface area (Å²) in [6.45, 7) is 5.48. The topological polar surface area (TPSA) is 50.7 Å². The monoisotopic (exact) mass is 315 g/mol. The van der Waals surface area contributed by atoms with E-state index in [1.165, 1.54) is 0 Å². The smallest absolute Gasteiger partial charge is 0.161 e. The number of methoxy groups -OCH3 is 1. The minimum atomic E-state index is 0.0661. The summed E-state index contributed by atoms with van der Waals surface area (Å²) in [5.74, 6) is 1.52. The Kier molecular flexibility index (Phi) is 6.44. The summed E-state index contributed by atoms with van der Waals surface area (Å²) in [5, 5.41) is 12.7. The van der Waals surface area contributed by atoms with Crippen LogP contribution in [-0.2, 0) is 13.2 Å². The van der Waals surface area contributed by atoms with Crippen molar-refractivity contribution >= 4 is 0 Å². The molecule has 0 aliphatic rings. The van der Waals surface area contributed by atoms with Gasteiger partial charge in [-0.1, -0.05) is 30.3 Å². The maximum atomic E-state index is 9.23. The second-order valence-corrected chi connectivity index (χ2v) is 5.42. The van der Waals surface area contributed by atoms with Crippen LogP contribution in [0.2, 0.25) is 0 Å². The quantitative estimate of drug-likeness (QED) is 0.783. The molecule has 0 bridgehead atoms. The van der Waals surface area contributed by atoms with Crippen LogP contribution in [-0.4, -0.2) is 18.8 Å². The molecule has 0 saturated carbocycles. The van der Waals surface area contributed by atoms with E-state index in [1.54, 1.807) is 7.11 Å². The first-order valence-corrected chi connectivity index (χ1v) is 7.90. The third-order valence-electron chi connectivity index (χ3n) is 3.77. The van der Waals surface area contributed by atoms with Crippen molar-refractivity contribution in [2.75, 3.05) is 13.7 Å². The Morgan fingerprint density at radius 1 is 1.09 bits per heavy atom. The van der Waals surface area contributed by atoms with Gasteiger partial charge in [0.05, 0.1) is 20.3 Å². The van der Waals surface area contributed by atoms with Gasteiger partial charge in [-0.25, -0.2) is 0 Å². The molecule has 0 radical (unpaired) electrons. The van der Waals surface area contributed by atoms with Crippen LogP contribution in [0.3, 0.4) is 0 Å². The highest BCUT2D eigenvalue weighted by Gasteiger charge is 2.08. The fourth-order valence-electron chi connectivity index (χ4n) is 2.45. The molecule has 4 heteroatoms. The minimum absolute atomic E-state index is 0.0661. The van der Waals surface area contributed by atoms with Crippen LogP contribution in [0, 0.1) is 0 Å². The lowest BCUT2D eigenvalue weighted by Gasteiger charge is -2.16. The highest BCUT2D eigenvalue weighted by atomic mass is 16.5. The van der Waals surface area contributed by atoms with Gasteiger partial charge in [-0.2, -0.15) is 0 Å². The molecule has 2 rings (SSSR count). The number of aliphatic hydroxyl groups excluding tert-OH is 1. The predicted octanol–water partition coefficient (Wildman–Crippen LogP) is 3.44. The van der Waals surface area contributed by atoms with Crippen molar-refractivity contribution in [2.24, 2.45) is 0 Å². The summed E-state index contributed by atoms with van der Waals surface area (Å²) in [5.41, 5.74) is 3.23. The molecule has 0 amide bonds. The van der Waals surface area contributed by atoms with Gasteiger partial charge >= 0.3 is 0 Å². The lowest BCUT2D eigenvalue weighted by Crippen LogP contribution is -2.18. The molecule has 1 unspecified atom stereocenters. The van der Waals surface area contributed by atoms with Crippen LogP contribution >= 0.6 is 0 Å². The SMILES string of the molecule is CCOc1ccc(CNC(C)c2cccc(CO)c2)cc1OC. The zero-order chi connectivity index (χ0) is 16.7. The summed E-state index contributed by atoms with van der Waals surface area (Å²) >= 11 is 0.